The number of amides is 1. The standard InChI is InChI=1S/C18H15N3O4/c1-25-15-7-3-5-13(17(15)23)18(24)21-19-10-12-9-8-11-4-2-6-14(22)16(11)20-12/h2-10,22-23H,1H3,(H,21,24)/b19-10+. The minimum absolute atomic E-state index is 0.0422. The fraction of sp³-hybridized carbons (Fsp3) is 0.0556. The van der Waals surface area contributed by atoms with Crippen LogP contribution in [0.25, 0.3) is 10.9 Å². The molecule has 2 aromatic carbocycles. The number of benzene rings is 2. The maximum Gasteiger partial charge on any atom is 0.275 e. The Morgan fingerprint density at radius 2 is 1.96 bits per heavy atom. The van der Waals surface area contributed by atoms with Crippen LogP contribution < -0.4 is 10.2 Å². The van der Waals surface area contributed by atoms with E-state index in [2.05, 4.69) is 15.5 Å². The molecule has 0 aliphatic carbocycles. The average molecular weight is 337 g/mol. The topological polar surface area (TPSA) is 104 Å². The summed E-state index contributed by atoms with van der Waals surface area (Å²) >= 11 is 0. The smallest absolute Gasteiger partial charge is 0.275 e. The fourth-order valence-corrected chi connectivity index (χ4v) is 2.31. The summed E-state index contributed by atoms with van der Waals surface area (Å²) < 4.78 is 4.96. The quantitative estimate of drug-likeness (QED) is 0.501. The Morgan fingerprint density at radius 3 is 2.76 bits per heavy atom. The van der Waals surface area contributed by atoms with Gasteiger partial charge in [-0.3, -0.25) is 4.79 Å². The summed E-state index contributed by atoms with van der Waals surface area (Å²) in [6.07, 6.45) is 1.35. The van der Waals surface area contributed by atoms with Crippen molar-refractivity contribution in [3.8, 4) is 17.2 Å². The summed E-state index contributed by atoms with van der Waals surface area (Å²) in [6, 6.07) is 13.2. The highest BCUT2D eigenvalue weighted by atomic mass is 16.5. The van der Waals surface area contributed by atoms with Gasteiger partial charge in [0.15, 0.2) is 11.5 Å². The maximum atomic E-state index is 12.1. The number of phenolic OH excluding ortho intramolecular Hbond substituents is 2. The third-order valence-corrected chi connectivity index (χ3v) is 3.55. The number of hydrogen-bond donors (Lipinski definition) is 3. The van der Waals surface area contributed by atoms with Crippen molar-refractivity contribution < 1.29 is 19.7 Å². The van der Waals surface area contributed by atoms with Gasteiger partial charge in [-0.25, -0.2) is 10.4 Å². The van der Waals surface area contributed by atoms with E-state index in [0.717, 1.165) is 5.39 Å². The first-order chi connectivity index (χ1) is 12.1. The Balaban J connectivity index is 1.77. The molecule has 1 heterocycles. The average Bonchev–Trinajstić information content (AvgIpc) is 2.62. The molecule has 7 nitrogen and oxygen atoms in total. The van der Waals surface area contributed by atoms with E-state index in [1.54, 1.807) is 36.4 Å². The second-order valence-electron chi connectivity index (χ2n) is 5.14. The van der Waals surface area contributed by atoms with Crippen molar-refractivity contribution in [1.29, 1.82) is 0 Å². The van der Waals surface area contributed by atoms with Crippen LogP contribution >= 0.6 is 0 Å². The molecule has 0 fully saturated rings. The van der Waals surface area contributed by atoms with Crippen molar-refractivity contribution in [2.75, 3.05) is 7.11 Å². The van der Waals surface area contributed by atoms with Gasteiger partial charge in [-0.2, -0.15) is 5.10 Å². The number of fused-ring (bicyclic) bond motifs is 1. The molecule has 126 valence electrons. The number of aromatic hydroxyl groups is 2. The molecule has 0 atom stereocenters. The number of ether oxygens (including phenoxy) is 1. The van der Waals surface area contributed by atoms with Gasteiger partial charge in [0.1, 0.15) is 11.3 Å². The molecule has 0 spiro atoms. The normalized spacial score (nSPS) is 10.9. The molecule has 1 aromatic heterocycles. The third kappa shape index (κ3) is 3.35. The first-order valence-electron chi connectivity index (χ1n) is 7.38. The molecule has 1 amide bonds. The molecule has 3 N–H and O–H groups in total. The van der Waals surface area contributed by atoms with E-state index in [0.29, 0.717) is 11.2 Å². The van der Waals surface area contributed by atoms with Gasteiger partial charge in [-0.15, -0.1) is 0 Å². The summed E-state index contributed by atoms with van der Waals surface area (Å²) in [5, 5.41) is 24.4. The van der Waals surface area contributed by atoms with Crippen LogP contribution in [-0.2, 0) is 0 Å². The third-order valence-electron chi connectivity index (χ3n) is 3.55. The monoisotopic (exact) mass is 337 g/mol. The van der Waals surface area contributed by atoms with Crippen molar-refractivity contribution in [2.45, 2.75) is 0 Å². The lowest BCUT2D eigenvalue weighted by Gasteiger charge is -2.07. The van der Waals surface area contributed by atoms with Crippen LogP contribution in [0.5, 0.6) is 17.2 Å². The van der Waals surface area contributed by atoms with Gasteiger partial charge >= 0.3 is 0 Å². The molecular weight excluding hydrogens is 322 g/mol. The van der Waals surface area contributed by atoms with Gasteiger partial charge < -0.3 is 14.9 Å². The Bertz CT molecular complexity index is 970. The molecule has 0 aliphatic heterocycles. The van der Waals surface area contributed by atoms with Crippen LogP contribution in [0.2, 0.25) is 0 Å². The Hall–Kier alpha value is -3.61. The molecule has 0 bridgehead atoms. The summed E-state index contributed by atoms with van der Waals surface area (Å²) in [5.41, 5.74) is 3.27. The molecule has 0 unspecified atom stereocenters. The van der Waals surface area contributed by atoms with Crippen molar-refractivity contribution in [3.05, 3.63) is 59.8 Å². The lowest BCUT2D eigenvalue weighted by molar-refractivity contribution is 0.0952. The van der Waals surface area contributed by atoms with E-state index in [1.807, 2.05) is 6.07 Å². The lowest BCUT2D eigenvalue weighted by Crippen LogP contribution is -2.18. The fourth-order valence-electron chi connectivity index (χ4n) is 2.31. The minimum Gasteiger partial charge on any atom is -0.506 e. The summed E-state index contributed by atoms with van der Waals surface area (Å²) in [7, 11) is 1.40. The van der Waals surface area contributed by atoms with Gasteiger partial charge in [0.05, 0.1) is 24.6 Å². The molecule has 7 heteroatoms. The number of carbonyl (C=O) groups is 1. The van der Waals surface area contributed by atoms with Crippen molar-refractivity contribution >= 4 is 23.0 Å². The number of hydrogen-bond acceptors (Lipinski definition) is 6. The van der Waals surface area contributed by atoms with E-state index in [9.17, 15) is 15.0 Å². The van der Waals surface area contributed by atoms with Crippen molar-refractivity contribution in [1.82, 2.24) is 10.4 Å². The SMILES string of the molecule is COc1cccc(C(=O)N/N=C/c2ccc3cccc(O)c3n2)c1O. The number of aromatic nitrogens is 1. The number of phenols is 2. The molecule has 25 heavy (non-hydrogen) atoms. The first-order valence-corrected chi connectivity index (χ1v) is 7.38. The Kier molecular flexibility index (Phi) is 4.47. The summed E-state index contributed by atoms with van der Waals surface area (Å²) in [5.74, 6) is -0.580. The van der Waals surface area contributed by atoms with E-state index >= 15 is 0 Å². The van der Waals surface area contributed by atoms with Crippen LogP contribution in [0.15, 0.2) is 53.6 Å². The summed E-state index contributed by atoms with van der Waals surface area (Å²) in [6.45, 7) is 0. The maximum absolute atomic E-state index is 12.1. The number of hydrazone groups is 1. The number of nitrogens with zero attached hydrogens (tertiary/aromatic N) is 2. The van der Waals surface area contributed by atoms with Crippen molar-refractivity contribution in [3.63, 3.8) is 0 Å². The molecule has 0 radical (unpaired) electrons. The number of para-hydroxylation sites is 2. The highest BCUT2D eigenvalue weighted by Gasteiger charge is 2.14. The highest BCUT2D eigenvalue weighted by Crippen LogP contribution is 2.29. The Morgan fingerprint density at radius 1 is 1.16 bits per heavy atom. The number of rotatable bonds is 4. The number of methoxy groups -OCH3 is 1. The van der Waals surface area contributed by atoms with Crippen LogP contribution in [0.3, 0.4) is 0 Å². The molecule has 3 aromatic rings. The lowest BCUT2D eigenvalue weighted by atomic mass is 10.2. The zero-order chi connectivity index (χ0) is 17.8. The first kappa shape index (κ1) is 16.3. The molecule has 0 saturated heterocycles. The molecule has 3 rings (SSSR count). The molecule has 0 aliphatic rings. The molecule has 0 saturated carbocycles. The minimum atomic E-state index is -0.587. The van der Waals surface area contributed by atoms with Crippen LogP contribution in [0, 0.1) is 0 Å². The predicted octanol–water partition coefficient (Wildman–Crippen LogP) is 2.42. The highest BCUT2D eigenvalue weighted by molar-refractivity contribution is 5.98. The van der Waals surface area contributed by atoms with Gasteiger partial charge in [-0.05, 0) is 24.3 Å². The van der Waals surface area contributed by atoms with E-state index in [1.165, 1.54) is 19.4 Å². The van der Waals surface area contributed by atoms with Gasteiger partial charge in [-0.1, -0.05) is 24.3 Å². The van der Waals surface area contributed by atoms with E-state index < -0.39 is 5.91 Å². The molecular formula is C18H15N3O4. The van der Waals surface area contributed by atoms with E-state index in [4.69, 9.17) is 4.74 Å². The second-order valence-corrected chi connectivity index (χ2v) is 5.14. The van der Waals surface area contributed by atoms with Gasteiger partial charge in [0.2, 0.25) is 0 Å². The van der Waals surface area contributed by atoms with Crippen LogP contribution in [0.1, 0.15) is 16.1 Å². The van der Waals surface area contributed by atoms with Crippen molar-refractivity contribution in [2.24, 2.45) is 5.10 Å². The van der Waals surface area contributed by atoms with Crippen LogP contribution in [-0.4, -0.2) is 34.4 Å². The second kappa shape index (κ2) is 6.88. The van der Waals surface area contributed by atoms with Gasteiger partial charge in [0.25, 0.3) is 5.91 Å². The summed E-state index contributed by atoms with van der Waals surface area (Å²) in [4.78, 5) is 16.4. The number of carbonyl (C=O) groups excluding carboxylic acids is 1. The van der Waals surface area contributed by atoms with Gasteiger partial charge in [0, 0.05) is 5.39 Å². The van der Waals surface area contributed by atoms with E-state index in [-0.39, 0.29) is 22.8 Å². The number of pyridine rings is 1. The zero-order valence-corrected chi connectivity index (χ0v) is 13.3. The zero-order valence-electron chi connectivity index (χ0n) is 13.3. The predicted molar refractivity (Wildman–Crippen MR) is 93.1 cm³/mol. The van der Waals surface area contributed by atoms with Crippen LogP contribution in [0.4, 0.5) is 0 Å². The number of nitrogens with one attached hydrogen (secondary N) is 1. The Labute approximate surface area is 143 Å². The largest absolute Gasteiger partial charge is 0.506 e.